The zero-order valence-electron chi connectivity index (χ0n) is 39.7. The van der Waals surface area contributed by atoms with Crippen molar-refractivity contribution in [3.05, 3.63) is 72.9 Å². The summed E-state index contributed by atoms with van der Waals surface area (Å²) in [6.45, 7) is 7.61. The Morgan fingerprint density at radius 2 is 0.783 bits per heavy atom. The van der Waals surface area contributed by atoms with E-state index in [2.05, 4.69) is 93.7 Å². The molecule has 5 heteroatoms. The zero-order valence-corrected chi connectivity index (χ0v) is 39.7. The lowest BCUT2D eigenvalue weighted by Gasteiger charge is -2.18. The van der Waals surface area contributed by atoms with Gasteiger partial charge in [-0.3, -0.25) is 9.59 Å². The van der Waals surface area contributed by atoms with Gasteiger partial charge in [0.1, 0.15) is 6.61 Å². The van der Waals surface area contributed by atoms with Crippen molar-refractivity contribution in [1.82, 2.24) is 0 Å². The van der Waals surface area contributed by atoms with Gasteiger partial charge in [0, 0.05) is 19.4 Å². The highest BCUT2D eigenvalue weighted by atomic mass is 16.6. The monoisotopic (exact) mass is 837 g/mol. The summed E-state index contributed by atoms with van der Waals surface area (Å²) in [5.41, 5.74) is 0. The Morgan fingerprint density at radius 3 is 1.28 bits per heavy atom. The first-order chi connectivity index (χ1) is 29.6. The Hall–Kier alpha value is -2.66. The third kappa shape index (κ3) is 48.0. The van der Waals surface area contributed by atoms with Crippen molar-refractivity contribution in [2.45, 2.75) is 245 Å². The highest BCUT2D eigenvalue weighted by Crippen LogP contribution is 2.13. The van der Waals surface area contributed by atoms with Crippen LogP contribution in [0.25, 0.3) is 0 Å². The molecule has 0 bridgehead atoms. The summed E-state index contributed by atoms with van der Waals surface area (Å²) < 4.78 is 17.4. The fraction of sp³-hybridized carbons (Fsp3) is 0.745. The maximum absolute atomic E-state index is 12.8. The van der Waals surface area contributed by atoms with E-state index in [1.807, 2.05) is 0 Å². The molecule has 0 amide bonds. The van der Waals surface area contributed by atoms with Crippen LogP contribution in [-0.2, 0) is 23.8 Å². The molecule has 346 valence electrons. The van der Waals surface area contributed by atoms with E-state index >= 15 is 0 Å². The molecule has 0 aliphatic rings. The van der Waals surface area contributed by atoms with Gasteiger partial charge in [0.05, 0.1) is 6.61 Å². The normalized spacial score (nSPS) is 12.8. The Balaban J connectivity index is 4.32. The third-order valence-corrected chi connectivity index (χ3v) is 10.7. The van der Waals surface area contributed by atoms with E-state index in [1.165, 1.54) is 109 Å². The maximum Gasteiger partial charge on any atom is 0.306 e. The van der Waals surface area contributed by atoms with Gasteiger partial charge >= 0.3 is 11.9 Å². The van der Waals surface area contributed by atoms with Crippen molar-refractivity contribution in [1.29, 1.82) is 0 Å². The van der Waals surface area contributed by atoms with E-state index in [0.717, 1.165) is 96.3 Å². The first-order valence-corrected chi connectivity index (χ1v) is 25.5. The lowest BCUT2D eigenvalue weighted by atomic mass is 10.1. The van der Waals surface area contributed by atoms with Crippen LogP contribution in [0.15, 0.2) is 72.9 Å². The first-order valence-electron chi connectivity index (χ1n) is 25.5. The van der Waals surface area contributed by atoms with Crippen molar-refractivity contribution in [2.24, 2.45) is 0 Å². The molecular formula is C55H96O5. The number of hydrogen-bond acceptors (Lipinski definition) is 5. The van der Waals surface area contributed by atoms with Crippen LogP contribution in [0.1, 0.15) is 239 Å². The second-order valence-corrected chi connectivity index (χ2v) is 16.7. The molecule has 1 atom stereocenters. The minimum Gasteiger partial charge on any atom is -0.462 e. The summed E-state index contributed by atoms with van der Waals surface area (Å²) in [6, 6.07) is 0. The second-order valence-electron chi connectivity index (χ2n) is 16.7. The fourth-order valence-electron chi connectivity index (χ4n) is 6.91. The van der Waals surface area contributed by atoms with Crippen LogP contribution in [-0.4, -0.2) is 37.9 Å². The van der Waals surface area contributed by atoms with Gasteiger partial charge in [0.15, 0.2) is 6.10 Å². The van der Waals surface area contributed by atoms with E-state index < -0.39 is 6.10 Å². The molecule has 0 aliphatic heterocycles. The van der Waals surface area contributed by atoms with Crippen molar-refractivity contribution < 1.29 is 23.8 Å². The predicted octanol–water partition coefficient (Wildman–Crippen LogP) is 17.1. The molecule has 0 N–H and O–H groups in total. The van der Waals surface area contributed by atoms with Gasteiger partial charge in [-0.05, 0) is 103 Å². The summed E-state index contributed by atoms with van der Waals surface area (Å²) in [7, 11) is 0. The molecule has 5 nitrogen and oxygen atoms in total. The van der Waals surface area contributed by atoms with Gasteiger partial charge in [-0.25, -0.2) is 0 Å². The number of esters is 2. The average Bonchev–Trinajstić information content (AvgIpc) is 3.25. The molecule has 0 radical (unpaired) electrons. The highest BCUT2D eigenvalue weighted by Gasteiger charge is 2.17. The first kappa shape index (κ1) is 57.3. The topological polar surface area (TPSA) is 61.8 Å². The molecule has 0 heterocycles. The Kier molecular flexibility index (Phi) is 48.4. The van der Waals surface area contributed by atoms with Crippen LogP contribution < -0.4 is 0 Å². The van der Waals surface area contributed by atoms with Gasteiger partial charge in [0.2, 0.25) is 0 Å². The summed E-state index contributed by atoms with van der Waals surface area (Å²) in [6.07, 6.45) is 64.8. The summed E-state index contributed by atoms with van der Waals surface area (Å²) in [5.74, 6) is -0.435. The molecule has 1 unspecified atom stereocenters. The third-order valence-electron chi connectivity index (χ3n) is 10.7. The van der Waals surface area contributed by atoms with Crippen molar-refractivity contribution in [3.63, 3.8) is 0 Å². The molecule has 60 heavy (non-hydrogen) atoms. The van der Waals surface area contributed by atoms with E-state index in [4.69, 9.17) is 14.2 Å². The number of rotatable bonds is 46. The predicted molar refractivity (Wildman–Crippen MR) is 260 cm³/mol. The molecule has 0 aliphatic carbocycles. The number of allylic oxidation sites excluding steroid dienone is 12. The minimum absolute atomic E-state index is 0.0663. The summed E-state index contributed by atoms with van der Waals surface area (Å²) in [4.78, 5) is 25.4. The number of ether oxygens (including phenoxy) is 3. The highest BCUT2D eigenvalue weighted by molar-refractivity contribution is 5.70. The molecule has 0 fully saturated rings. The molecule has 0 rings (SSSR count). The van der Waals surface area contributed by atoms with Crippen molar-refractivity contribution >= 4 is 11.9 Å². The number of unbranched alkanes of at least 4 members (excludes halogenated alkanes) is 23. The smallest absolute Gasteiger partial charge is 0.306 e. The van der Waals surface area contributed by atoms with Crippen LogP contribution in [0.4, 0.5) is 0 Å². The average molecular weight is 837 g/mol. The van der Waals surface area contributed by atoms with Crippen LogP contribution in [0.5, 0.6) is 0 Å². The quantitative estimate of drug-likeness (QED) is 0.0347. The standard InChI is InChI=1S/C55H96O5/c1-4-7-10-13-16-19-22-25-27-29-32-35-38-41-44-47-50-58-51-53(60-55(57)49-46-43-40-37-34-30-24-21-18-15-12-9-6-3)52-59-54(56)48-45-42-39-36-33-31-28-26-23-20-17-14-11-8-5-2/h8,11-12,15,17,20-21,24-28,53H,4-7,9-10,13-14,16,18-19,22-23,29-52H2,1-3H3/b11-8-,15-12-,20-17-,24-21-,27-25-,28-26-. The van der Waals surface area contributed by atoms with E-state index in [1.54, 1.807) is 0 Å². The summed E-state index contributed by atoms with van der Waals surface area (Å²) >= 11 is 0. The maximum atomic E-state index is 12.8. The van der Waals surface area contributed by atoms with Gasteiger partial charge in [-0.1, -0.05) is 196 Å². The largest absolute Gasteiger partial charge is 0.462 e. The SMILES string of the molecule is CC/C=C\C/C=C\C/C=C\CCCCCCCC(=O)OCC(COCCCCCCCC/C=C\CCCCCCCC)OC(=O)CCCCCCC/C=C\C/C=C\CCC. The van der Waals surface area contributed by atoms with Gasteiger partial charge < -0.3 is 14.2 Å². The Bertz CT molecular complexity index is 1080. The van der Waals surface area contributed by atoms with Crippen molar-refractivity contribution in [3.8, 4) is 0 Å². The van der Waals surface area contributed by atoms with E-state index in [0.29, 0.717) is 19.4 Å². The lowest BCUT2D eigenvalue weighted by molar-refractivity contribution is -0.163. The van der Waals surface area contributed by atoms with Gasteiger partial charge in [0.25, 0.3) is 0 Å². The van der Waals surface area contributed by atoms with Crippen molar-refractivity contribution in [2.75, 3.05) is 19.8 Å². The van der Waals surface area contributed by atoms with E-state index in [-0.39, 0.29) is 25.2 Å². The Labute approximate surface area is 372 Å². The summed E-state index contributed by atoms with van der Waals surface area (Å²) in [5, 5.41) is 0. The number of carbonyl (C=O) groups is 2. The van der Waals surface area contributed by atoms with Crippen LogP contribution in [0.3, 0.4) is 0 Å². The molecule has 0 aromatic heterocycles. The fourth-order valence-corrected chi connectivity index (χ4v) is 6.91. The van der Waals surface area contributed by atoms with E-state index in [9.17, 15) is 9.59 Å². The molecule has 0 saturated heterocycles. The molecule has 0 spiro atoms. The zero-order chi connectivity index (χ0) is 43.5. The van der Waals surface area contributed by atoms with Crippen LogP contribution in [0, 0.1) is 0 Å². The number of carbonyl (C=O) groups excluding carboxylic acids is 2. The second kappa shape index (κ2) is 50.7. The number of hydrogen-bond donors (Lipinski definition) is 0. The van der Waals surface area contributed by atoms with Crippen LogP contribution >= 0.6 is 0 Å². The molecule has 0 saturated carbocycles. The molecule has 0 aromatic carbocycles. The van der Waals surface area contributed by atoms with Gasteiger partial charge in [-0.2, -0.15) is 0 Å². The molecule has 0 aromatic rings. The van der Waals surface area contributed by atoms with Gasteiger partial charge in [-0.15, -0.1) is 0 Å². The van der Waals surface area contributed by atoms with Crippen LogP contribution in [0.2, 0.25) is 0 Å². The Morgan fingerprint density at radius 1 is 0.383 bits per heavy atom. The molecular weight excluding hydrogens is 741 g/mol. The minimum atomic E-state index is -0.555. The lowest BCUT2D eigenvalue weighted by Crippen LogP contribution is -2.30.